The van der Waals surface area contributed by atoms with E-state index in [2.05, 4.69) is 25.5 Å². The summed E-state index contributed by atoms with van der Waals surface area (Å²) in [7, 11) is 0. The molecule has 0 spiro atoms. The molecule has 0 aliphatic heterocycles. The molecule has 10 heteroatoms. The lowest BCUT2D eigenvalue weighted by molar-refractivity contribution is -0.145. The van der Waals surface area contributed by atoms with Crippen molar-refractivity contribution in [1.29, 1.82) is 0 Å². The Kier molecular flexibility index (Phi) is 4.92. The Bertz CT molecular complexity index is 896. The van der Waals surface area contributed by atoms with Gasteiger partial charge in [0, 0.05) is 24.7 Å². The first-order chi connectivity index (χ1) is 12.4. The summed E-state index contributed by atoms with van der Waals surface area (Å²) < 4.78 is 43.2. The minimum absolute atomic E-state index is 0.0978. The van der Waals surface area contributed by atoms with Gasteiger partial charge in [0.05, 0.1) is 0 Å². The van der Waals surface area contributed by atoms with Crippen molar-refractivity contribution in [3.8, 4) is 11.5 Å². The zero-order valence-electron chi connectivity index (χ0n) is 13.2. The van der Waals surface area contributed by atoms with Gasteiger partial charge in [-0.25, -0.2) is 9.97 Å². The molecule has 0 unspecified atom stereocenters. The van der Waals surface area contributed by atoms with Crippen LogP contribution < -0.4 is 5.32 Å². The van der Waals surface area contributed by atoms with Crippen molar-refractivity contribution in [1.82, 2.24) is 25.5 Å². The minimum atomic E-state index is -4.71. The molecule has 0 aliphatic rings. The second-order valence-electron chi connectivity index (χ2n) is 5.14. The maximum absolute atomic E-state index is 12.6. The van der Waals surface area contributed by atoms with Crippen LogP contribution in [0.5, 0.6) is 0 Å². The highest BCUT2D eigenvalue weighted by atomic mass is 19.4. The van der Waals surface area contributed by atoms with Crippen molar-refractivity contribution >= 4 is 5.91 Å². The number of benzene rings is 1. The molecular weight excluding hydrogens is 351 g/mol. The molecule has 3 rings (SSSR count). The molecule has 1 amide bonds. The second kappa shape index (κ2) is 7.30. The molecule has 26 heavy (non-hydrogen) atoms. The summed E-state index contributed by atoms with van der Waals surface area (Å²) in [5, 5.41) is 10.2. The summed E-state index contributed by atoms with van der Waals surface area (Å²) in [4.78, 5) is 18.2. The van der Waals surface area contributed by atoms with Crippen LogP contribution >= 0.6 is 0 Å². The van der Waals surface area contributed by atoms with Crippen LogP contribution in [-0.2, 0) is 12.6 Å². The van der Waals surface area contributed by atoms with E-state index in [1.807, 2.05) is 30.3 Å². The normalized spacial score (nSPS) is 11.3. The van der Waals surface area contributed by atoms with Crippen LogP contribution in [0.25, 0.3) is 11.5 Å². The minimum Gasteiger partial charge on any atom is -0.421 e. The average molecular weight is 363 g/mol. The predicted octanol–water partition coefficient (Wildman–Crippen LogP) is 2.52. The Morgan fingerprint density at radius 2 is 1.88 bits per heavy atom. The van der Waals surface area contributed by atoms with Gasteiger partial charge >= 0.3 is 6.18 Å². The van der Waals surface area contributed by atoms with Gasteiger partial charge in [-0.05, 0) is 18.2 Å². The van der Waals surface area contributed by atoms with E-state index in [0.717, 1.165) is 17.8 Å². The third kappa shape index (κ3) is 4.21. The zero-order valence-corrected chi connectivity index (χ0v) is 13.2. The number of amides is 1. The summed E-state index contributed by atoms with van der Waals surface area (Å²) in [5.74, 6) is -1.48. The molecule has 7 nitrogen and oxygen atoms in total. The summed E-state index contributed by atoms with van der Waals surface area (Å²) in [5.41, 5.74) is 0.388. The van der Waals surface area contributed by atoms with Gasteiger partial charge in [0.1, 0.15) is 5.69 Å². The van der Waals surface area contributed by atoms with Gasteiger partial charge in [-0.3, -0.25) is 4.79 Å². The first-order valence-electron chi connectivity index (χ1n) is 7.50. The lowest BCUT2D eigenvalue weighted by Crippen LogP contribution is -2.27. The van der Waals surface area contributed by atoms with Gasteiger partial charge in [0.15, 0.2) is 0 Å². The Balaban J connectivity index is 1.57. The standard InChI is InChI=1S/C16H12F3N5O2/c17-16(18,19)15-21-8-6-11(22-15)13(25)20-9-7-12-23-24-14(26-12)10-4-2-1-3-5-10/h1-6,8H,7,9H2,(H,20,25). The predicted molar refractivity (Wildman–Crippen MR) is 82.8 cm³/mol. The molecule has 1 N–H and O–H groups in total. The number of rotatable bonds is 5. The highest BCUT2D eigenvalue weighted by Crippen LogP contribution is 2.25. The molecule has 0 aliphatic carbocycles. The van der Waals surface area contributed by atoms with E-state index in [4.69, 9.17) is 4.42 Å². The highest BCUT2D eigenvalue weighted by molar-refractivity contribution is 5.92. The quantitative estimate of drug-likeness (QED) is 0.749. The molecule has 2 heterocycles. The number of alkyl halides is 3. The summed E-state index contributed by atoms with van der Waals surface area (Å²) in [6, 6.07) is 10.2. The smallest absolute Gasteiger partial charge is 0.421 e. The number of nitrogens with one attached hydrogen (secondary N) is 1. The molecule has 0 saturated heterocycles. The maximum Gasteiger partial charge on any atom is 0.451 e. The van der Waals surface area contributed by atoms with Crippen LogP contribution in [-0.4, -0.2) is 32.6 Å². The van der Waals surface area contributed by atoms with Gasteiger partial charge in [0.25, 0.3) is 5.91 Å². The molecule has 0 fully saturated rings. The van der Waals surface area contributed by atoms with Crippen LogP contribution in [0.1, 0.15) is 22.2 Å². The van der Waals surface area contributed by atoms with E-state index < -0.39 is 17.9 Å². The van der Waals surface area contributed by atoms with E-state index in [0.29, 0.717) is 11.8 Å². The van der Waals surface area contributed by atoms with Gasteiger partial charge < -0.3 is 9.73 Å². The number of carbonyl (C=O) groups excluding carboxylic acids is 1. The van der Waals surface area contributed by atoms with Crippen molar-refractivity contribution < 1.29 is 22.4 Å². The highest BCUT2D eigenvalue weighted by Gasteiger charge is 2.35. The van der Waals surface area contributed by atoms with Crippen molar-refractivity contribution in [2.45, 2.75) is 12.6 Å². The molecular formula is C16H12F3N5O2. The van der Waals surface area contributed by atoms with Crippen LogP contribution in [0.2, 0.25) is 0 Å². The summed E-state index contributed by atoms with van der Waals surface area (Å²) >= 11 is 0. The SMILES string of the molecule is O=C(NCCc1nnc(-c2ccccc2)o1)c1ccnc(C(F)(F)F)n1. The number of carbonyl (C=O) groups is 1. The van der Waals surface area contributed by atoms with Crippen LogP contribution in [0, 0.1) is 0 Å². The van der Waals surface area contributed by atoms with E-state index in [1.165, 1.54) is 0 Å². The number of hydrogen-bond donors (Lipinski definition) is 1. The molecule has 3 aromatic rings. The Morgan fingerprint density at radius 3 is 2.62 bits per heavy atom. The largest absolute Gasteiger partial charge is 0.451 e. The van der Waals surface area contributed by atoms with Gasteiger partial charge in [0.2, 0.25) is 17.6 Å². The molecule has 2 aromatic heterocycles. The first kappa shape index (κ1) is 17.5. The van der Waals surface area contributed by atoms with E-state index in [9.17, 15) is 18.0 Å². The van der Waals surface area contributed by atoms with Crippen molar-refractivity contribution in [3.63, 3.8) is 0 Å². The van der Waals surface area contributed by atoms with Crippen LogP contribution in [0.15, 0.2) is 47.0 Å². The van der Waals surface area contributed by atoms with Crippen LogP contribution in [0.4, 0.5) is 13.2 Å². The molecule has 0 atom stereocenters. The molecule has 0 radical (unpaired) electrons. The maximum atomic E-state index is 12.6. The third-order valence-electron chi connectivity index (χ3n) is 3.25. The number of nitrogens with zero attached hydrogens (tertiary/aromatic N) is 4. The van der Waals surface area contributed by atoms with Crippen molar-refractivity contribution in [2.75, 3.05) is 6.54 Å². The lowest BCUT2D eigenvalue weighted by Gasteiger charge is -2.06. The number of halogens is 3. The van der Waals surface area contributed by atoms with E-state index in [-0.39, 0.29) is 18.7 Å². The summed E-state index contributed by atoms with van der Waals surface area (Å²) in [6.07, 6.45) is -3.61. The Hall–Kier alpha value is -3.30. The monoisotopic (exact) mass is 363 g/mol. The first-order valence-corrected chi connectivity index (χ1v) is 7.50. The summed E-state index contributed by atoms with van der Waals surface area (Å²) in [6.45, 7) is 0.0978. The Morgan fingerprint density at radius 1 is 1.12 bits per heavy atom. The second-order valence-corrected chi connectivity index (χ2v) is 5.14. The third-order valence-corrected chi connectivity index (χ3v) is 3.25. The van der Waals surface area contributed by atoms with Crippen molar-refractivity contribution in [3.05, 3.63) is 60.0 Å². The average Bonchev–Trinajstić information content (AvgIpc) is 3.11. The molecule has 134 valence electrons. The lowest BCUT2D eigenvalue weighted by atomic mass is 10.2. The fourth-order valence-electron chi connectivity index (χ4n) is 2.05. The zero-order chi connectivity index (χ0) is 18.6. The molecule has 0 bridgehead atoms. The van der Waals surface area contributed by atoms with Crippen LogP contribution in [0.3, 0.4) is 0 Å². The fourth-order valence-corrected chi connectivity index (χ4v) is 2.05. The van der Waals surface area contributed by atoms with Gasteiger partial charge in [-0.15, -0.1) is 10.2 Å². The van der Waals surface area contributed by atoms with Gasteiger partial charge in [-0.2, -0.15) is 13.2 Å². The van der Waals surface area contributed by atoms with Gasteiger partial charge in [-0.1, -0.05) is 18.2 Å². The Labute approximate surface area is 145 Å². The molecule has 0 saturated carbocycles. The topological polar surface area (TPSA) is 93.8 Å². The number of hydrogen-bond acceptors (Lipinski definition) is 6. The van der Waals surface area contributed by atoms with E-state index >= 15 is 0 Å². The van der Waals surface area contributed by atoms with Crippen molar-refractivity contribution in [2.24, 2.45) is 0 Å². The van der Waals surface area contributed by atoms with E-state index in [1.54, 1.807) is 0 Å². The molecule has 1 aromatic carbocycles. The fraction of sp³-hybridized carbons (Fsp3) is 0.188. The number of aromatic nitrogens is 4.